The lowest BCUT2D eigenvalue weighted by molar-refractivity contribution is -0.143. The predicted octanol–water partition coefficient (Wildman–Crippen LogP) is 13.7. The number of likely N-dealkylation sites (tertiary alicyclic amines) is 3. The summed E-state index contributed by atoms with van der Waals surface area (Å²) in [4.78, 5) is 162. The average molecular weight is 1350 g/mol. The predicted molar refractivity (Wildman–Crippen MR) is 374 cm³/mol. The number of ketones is 7. The Kier molecular flexibility index (Phi) is 29.8. The summed E-state index contributed by atoms with van der Waals surface area (Å²) in [6.45, 7) is 45.0. The molecule has 2 aromatic carbocycles. The maximum Gasteiger partial charge on any atom is 0.243 e. The van der Waals surface area contributed by atoms with E-state index < -0.39 is 48.2 Å². The van der Waals surface area contributed by atoms with Crippen molar-refractivity contribution in [1.82, 2.24) is 14.7 Å². The van der Waals surface area contributed by atoms with Crippen LogP contribution >= 0.6 is 35.3 Å². The first-order valence-electron chi connectivity index (χ1n) is 31.9. The van der Waals surface area contributed by atoms with Crippen LogP contribution in [0.4, 0.5) is 0 Å². The molecule has 0 radical (unpaired) electrons. The normalized spacial score (nSPS) is 17.5. The number of nitrogens with one attached hydrogen (secondary N) is 1. The van der Waals surface area contributed by atoms with E-state index in [0.717, 1.165) is 16.0 Å². The van der Waals surface area contributed by atoms with Crippen molar-refractivity contribution in [3.8, 4) is 0 Å². The fourth-order valence-corrected chi connectivity index (χ4v) is 12.1. The van der Waals surface area contributed by atoms with Crippen LogP contribution in [0.15, 0.2) is 48.5 Å². The Hall–Kier alpha value is -5.73. The highest BCUT2D eigenvalue weighted by Gasteiger charge is 2.43. The number of carbonyl (C=O) groups is 13. The Labute approximate surface area is 567 Å². The number of amides is 6. The molecule has 516 valence electrons. The lowest BCUT2D eigenvalue weighted by Gasteiger charge is -2.21. The molecular formula is C73H108N4O13S3. The molecule has 0 aromatic heterocycles. The third kappa shape index (κ3) is 26.8. The first kappa shape index (κ1) is 83.4. The molecule has 0 saturated carbocycles. The fourth-order valence-electron chi connectivity index (χ4n) is 8.29. The molecule has 3 saturated heterocycles. The Morgan fingerprint density at radius 1 is 0.387 bits per heavy atom. The number of thioether (sulfide) groups is 3. The number of nitrogens with zero attached hydrogens (tertiary/aromatic N) is 3. The van der Waals surface area contributed by atoms with E-state index in [0.29, 0.717) is 41.2 Å². The van der Waals surface area contributed by atoms with Gasteiger partial charge in [0.2, 0.25) is 35.4 Å². The molecule has 0 spiro atoms. The zero-order valence-electron chi connectivity index (χ0n) is 60.2. The third-order valence-electron chi connectivity index (χ3n) is 15.5. The zero-order valence-corrected chi connectivity index (χ0v) is 62.7. The van der Waals surface area contributed by atoms with Crippen LogP contribution in [0.3, 0.4) is 0 Å². The van der Waals surface area contributed by atoms with Crippen molar-refractivity contribution in [2.75, 3.05) is 23.8 Å². The van der Waals surface area contributed by atoms with Crippen LogP contribution in [0.2, 0.25) is 0 Å². The van der Waals surface area contributed by atoms with Gasteiger partial charge in [-0.25, -0.2) is 0 Å². The Bertz CT molecular complexity index is 2950. The van der Waals surface area contributed by atoms with Crippen molar-refractivity contribution < 1.29 is 62.3 Å². The van der Waals surface area contributed by atoms with E-state index in [-0.39, 0.29) is 138 Å². The van der Waals surface area contributed by atoms with Crippen LogP contribution in [0.5, 0.6) is 0 Å². The highest BCUT2D eigenvalue weighted by atomic mass is 32.2. The minimum absolute atomic E-state index is 0.0208. The van der Waals surface area contributed by atoms with Crippen LogP contribution < -0.4 is 0 Å². The molecule has 1 N–H and O–H groups in total. The first-order chi connectivity index (χ1) is 42.0. The molecular weight excluding hydrogens is 1240 g/mol. The SMILES string of the molecule is CC(C)(C)C(=N)CSC1CC(=O)N(Cc2ccc(C(=O)C(C)(C)C)cc2)C1=O.CC(C)(C)C(=O)CC(=O)C(C)(C)C.CC(C)(C)C(=O)CCCSC1CC(=O)N(CC(=O)C(C)(C)C)C1=O.CC(C)(C)C(=O)CSC1CC(=O)N(Cc2ccc(C(=O)C(C)(C)C)cc2)C1=O. The third-order valence-corrected chi connectivity index (χ3v) is 19.2. The van der Waals surface area contributed by atoms with Crippen LogP contribution in [0.25, 0.3) is 0 Å². The van der Waals surface area contributed by atoms with E-state index >= 15 is 0 Å². The quantitative estimate of drug-likeness (QED) is 0.0401. The zero-order chi connectivity index (χ0) is 72.1. The van der Waals surface area contributed by atoms with Crippen molar-refractivity contribution in [2.24, 2.45) is 43.3 Å². The highest BCUT2D eigenvalue weighted by Crippen LogP contribution is 2.33. The van der Waals surface area contributed by atoms with Gasteiger partial charge in [0.15, 0.2) is 17.3 Å². The molecule has 3 aliphatic heterocycles. The summed E-state index contributed by atoms with van der Waals surface area (Å²) in [6, 6.07) is 14.1. The highest BCUT2D eigenvalue weighted by molar-refractivity contribution is 8.01. The average Bonchev–Trinajstić information content (AvgIpc) is 1.82. The lowest BCUT2D eigenvalue weighted by atomic mass is 9.82. The fraction of sp³-hybridized carbons (Fsp3) is 0.644. The topological polar surface area (TPSA) is 255 Å². The summed E-state index contributed by atoms with van der Waals surface area (Å²) in [5, 5.41) is 6.75. The molecule has 3 unspecified atom stereocenters. The Morgan fingerprint density at radius 3 is 1.02 bits per heavy atom. The number of hydrogen-bond donors (Lipinski definition) is 1. The number of hydrogen-bond acceptors (Lipinski definition) is 17. The van der Waals surface area contributed by atoms with E-state index in [2.05, 4.69) is 0 Å². The first-order valence-corrected chi connectivity index (χ1v) is 35.0. The van der Waals surface area contributed by atoms with Gasteiger partial charge >= 0.3 is 0 Å². The number of imide groups is 3. The summed E-state index contributed by atoms with van der Waals surface area (Å²) in [5.74, 6) is 0.249. The van der Waals surface area contributed by atoms with Crippen molar-refractivity contribution in [3.63, 3.8) is 0 Å². The monoisotopic (exact) mass is 1340 g/mol. The van der Waals surface area contributed by atoms with E-state index in [1.54, 1.807) is 69.3 Å². The van der Waals surface area contributed by atoms with Crippen LogP contribution in [-0.2, 0) is 65.8 Å². The summed E-state index contributed by atoms with van der Waals surface area (Å²) in [7, 11) is 0. The van der Waals surface area contributed by atoms with E-state index in [1.165, 1.54) is 45.1 Å². The van der Waals surface area contributed by atoms with E-state index in [4.69, 9.17) is 5.41 Å². The second-order valence-electron chi connectivity index (χ2n) is 32.5. The van der Waals surface area contributed by atoms with Gasteiger partial charge in [0.05, 0.1) is 47.6 Å². The van der Waals surface area contributed by atoms with E-state index in [1.807, 2.05) is 145 Å². The Balaban J connectivity index is 0.000000436. The molecule has 2 aromatic rings. The van der Waals surface area contributed by atoms with Crippen molar-refractivity contribution in [1.29, 1.82) is 5.41 Å². The second-order valence-corrected chi connectivity index (χ2v) is 36.1. The molecule has 3 fully saturated rings. The maximum atomic E-state index is 12.6. The molecule has 0 aliphatic carbocycles. The molecule has 6 amide bonds. The van der Waals surface area contributed by atoms with Gasteiger partial charge in [0.25, 0.3) is 0 Å². The number of Topliss-reactive ketones (excluding diaryl/α,β-unsaturated/α-hetero) is 7. The van der Waals surface area contributed by atoms with Gasteiger partial charge in [-0.1, -0.05) is 215 Å². The Morgan fingerprint density at radius 2 is 0.699 bits per heavy atom. The van der Waals surface area contributed by atoms with Gasteiger partial charge in [-0.15, -0.1) is 35.3 Å². The maximum absolute atomic E-state index is 12.6. The van der Waals surface area contributed by atoms with Crippen molar-refractivity contribution in [2.45, 2.75) is 234 Å². The standard InChI is InChI=1S/C22H30N2O3S.C22H29NO4S.C18H29NO4S.C11H20O2/c1-21(2,3)17(23)13-28-16-11-18(25)24(20(16)27)12-14-7-9-15(10-8-14)19(26)22(4,5)6;1-21(2,3)17(24)13-28-16-11-18(25)23(20(16)27)12-14-7-9-15(10-8-14)19(26)22(4,5)6;1-17(2,3)13(20)8-7-9-24-12-10-15(22)19(16(12)23)11-14(21)18(4,5)6;1-10(2,3)8(12)7-9(13)11(4,5)6/h7-10,16,23H,11-13H2,1-6H3;7-10,16H,11-13H2,1-6H3;12H,7-11H2,1-6H3;7H2,1-6H3. The summed E-state index contributed by atoms with van der Waals surface area (Å²) in [5.41, 5.74) is 0.114. The summed E-state index contributed by atoms with van der Waals surface area (Å²) in [6.07, 6.45) is 1.70. The van der Waals surface area contributed by atoms with Crippen LogP contribution in [-0.4, -0.2) is 136 Å². The molecule has 20 heteroatoms. The van der Waals surface area contributed by atoms with Gasteiger partial charge in [-0.05, 0) is 23.3 Å². The van der Waals surface area contributed by atoms with E-state index in [9.17, 15) is 62.3 Å². The minimum atomic E-state index is -0.570. The van der Waals surface area contributed by atoms with Gasteiger partial charge < -0.3 is 5.41 Å². The van der Waals surface area contributed by atoms with Gasteiger partial charge in [-0.2, -0.15) is 0 Å². The lowest BCUT2D eigenvalue weighted by Crippen LogP contribution is -2.40. The van der Waals surface area contributed by atoms with Crippen LogP contribution in [0.1, 0.15) is 237 Å². The number of rotatable bonds is 21. The molecule has 3 heterocycles. The smallest absolute Gasteiger partial charge is 0.243 e. The van der Waals surface area contributed by atoms with Gasteiger partial charge in [-0.3, -0.25) is 77.0 Å². The molecule has 5 rings (SSSR count). The van der Waals surface area contributed by atoms with Gasteiger partial charge in [0, 0.05) is 91.6 Å². The molecule has 3 atom stereocenters. The number of carbonyl (C=O) groups excluding carboxylic acids is 13. The van der Waals surface area contributed by atoms with Crippen molar-refractivity contribution >= 4 is 117 Å². The van der Waals surface area contributed by atoms with Crippen molar-refractivity contribution in [3.05, 3.63) is 70.8 Å². The summed E-state index contributed by atoms with van der Waals surface area (Å²) < 4.78 is 0. The molecule has 93 heavy (non-hydrogen) atoms. The van der Waals surface area contributed by atoms with Gasteiger partial charge in [0.1, 0.15) is 23.1 Å². The number of benzene rings is 2. The van der Waals surface area contributed by atoms with Crippen LogP contribution in [0, 0.1) is 48.7 Å². The molecule has 0 bridgehead atoms. The minimum Gasteiger partial charge on any atom is -0.308 e. The second kappa shape index (κ2) is 33.3. The largest absolute Gasteiger partial charge is 0.308 e. The molecule has 3 aliphatic rings. The summed E-state index contributed by atoms with van der Waals surface area (Å²) >= 11 is 4.03. The molecule has 17 nitrogen and oxygen atoms in total.